The van der Waals surface area contributed by atoms with Crippen LogP contribution >= 0.6 is 11.3 Å². The lowest BCUT2D eigenvalue weighted by atomic mass is 9.96. The molecule has 4 nitrogen and oxygen atoms in total. The second-order valence-electron chi connectivity index (χ2n) is 3.01. The monoisotopic (exact) mass is 185 g/mol. The number of aliphatic hydroxyl groups is 1. The molecular weight excluding hydrogens is 174 g/mol. The maximum absolute atomic E-state index is 9.63. The average Bonchev–Trinajstić information content (AvgIpc) is 2.39. The van der Waals surface area contributed by atoms with E-state index in [-0.39, 0.29) is 6.04 Å². The predicted molar refractivity (Wildman–Crippen MR) is 47.8 cm³/mol. The molecule has 0 aromatic carbocycles. The molecule has 0 saturated carbocycles. The van der Waals surface area contributed by atoms with Gasteiger partial charge in [0.1, 0.15) is 6.10 Å². The fourth-order valence-corrected chi connectivity index (χ4v) is 2.39. The molecule has 2 unspecified atom stereocenters. The van der Waals surface area contributed by atoms with Crippen molar-refractivity contribution in [3.05, 3.63) is 10.6 Å². The van der Waals surface area contributed by atoms with Crippen LogP contribution in [0.5, 0.6) is 0 Å². The number of nitrogens with two attached hydrogens (primary N) is 2. The van der Waals surface area contributed by atoms with Gasteiger partial charge in [-0.15, -0.1) is 0 Å². The van der Waals surface area contributed by atoms with Crippen molar-refractivity contribution in [1.29, 1.82) is 0 Å². The summed E-state index contributed by atoms with van der Waals surface area (Å²) in [6.45, 7) is 0. The number of hydrogen-bond donors (Lipinski definition) is 3. The van der Waals surface area contributed by atoms with Crippen LogP contribution in [0.1, 0.15) is 23.1 Å². The van der Waals surface area contributed by atoms with Crippen LogP contribution in [-0.2, 0) is 6.42 Å². The largest absolute Gasteiger partial charge is 0.386 e. The van der Waals surface area contributed by atoms with Crippen molar-refractivity contribution < 1.29 is 5.11 Å². The number of anilines is 1. The van der Waals surface area contributed by atoms with E-state index in [1.807, 2.05) is 0 Å². The molecule has 1 heterocycles. The van der Waals surface area contributed by atoms with E-state index < -0.39 is 6.10 Å². The van der Waals surface area contributed by atoms with E-state index in [1.54, 1.807) is 0 Å². The quantitative estimate of drug-likeness (QED) is 0.532. The number of nitrogens with zero attached hydrogens (tertiary/aromatic N) is 1. The molecule has 12 heavy (non-hydrogen) atoms. The summed E-state index contributed by atoms with van der Waals surface area (Å²) < 4.78 is 0. The predicted octanol–water partition coefficient (Wildman–Crippen LogP) is 0.0322. The fraction of sp³-hybridized carbons (Fsp3) is 0.571. The molecule has 2 rings (SSSR count). The lowest BCUT2D eigenvalue weighted by molar-refractivity contribution is 0.137. The number of aliphatic hydroxyl groups excluding tert-OH is 1. The van der Waals surface area contributed by atoms with E-state index >= 15 is 0 Å². The van der Waals surface area contributed by atoms with Crippen molar-refractivity contribution >= 4 is 16.5 Å². The number of thiazole rings is 1. The van der Waals surface area contributed by atoms with E-state index in [4.69, 9.17) is 11.5 Å². The third kappa shape index (κ3) is 1.10. The topological polar surface area (TPSA) is 85.2 Å². The average molecular weight is 185 g/mol. The van der Waals surface area contributed by atoms with Crippen LogP contribution in [0.4, 0.5) is 5.13 Å². The first-order chi connectivity index (χ1) is 5.68. The molecule has 0 aliphatic heterocycles. The Labute approximate surface area is 74.2 Å². The summed E-state index contributed by atoms with van der Waals surface area (Å²) in [6.07, 6.45) is 1.06. The fourth-order valence-electron chi connectivity index (χ4n) is 1.45. The van der Waals surface area contributed by atoms with Crippen molar-refractivity contribution in [2.45, 2.75) is 25.0 Å². The normalized spacial score (nSPS) is 28.5. The summed E-state index contributed by atoms with van der Waals surface area (Å²) in [5.41, 5.74) is 12.1. The number of aromatic nitrogens is 1. The van der Waals surface area contributed by atoms with Crippen LogP contribution in [0.15, 0.2) is 0 Å². The second-order valence-corrected chi connectivity index (χ2v) is 4.07. The Hall–Kier alpha value is -0.650. The maximum atomic E-state index is 9.63. The molecule has 1 aromatic heterocycles. The zero-order valence-electron chi connectivity index (χ0n) is 6.53. The lowest BCUT2D eigenvalue weighted by Gasteiger charge is -2.22. The minimum absolute atomic E-state index is 0.155. The molecule has 0 radical (unpaired) electrons. The molecule has 1 aliphatic carbocycles. The molecule has 1 aromatic rings. The summed E-state index contributed by atoms with van der Waals surface area (Å²) in [5, 5.41) is 10.2. The molecule has 5 heteroatoms. The van der Waals surface area contributed by atoms with Crippen molar-refractivity contribution in [2.75, 3.05) is 5.73 Å². The van der Waals surface area contributed by atoms with Gasteiger partial charge in [-0.25, -0.2) is 4.98 Å². The molecule has 5 N–H and O–H groups in total. The van der Waals surface area contributed by atoms with Gasteiger partial charge in [-0.2, -0.15) is 0 Å². The Balaban J connectivity index is 2.41. The van der Waals surface area contributed by atoms with Gasteiger partial charge >= 0.3 is 0 Å². The van der Waals surface area contributed by atoms with E-state index in [0.717, 1.165) is 23.4 Å². The third-order valence-electron chi connectivity index (χ3n) is 2.13. The van der Waals surface area contributed by atoms with Gasteiger partial charge in [0.15, 0.2) is 5.13 Å². The Kier molecular flexibility index (Phi) is 1.79. The molecule has 0 saturated heterocycles. The summed E-state index contributed by atoms with van der Waals surface area (Å²) >= 11 is 1.34. The molecule has 0 bridgehead atoms. The Morgan fingerprint density at radius 1 is 1.58 bits per heavy atom. The van der Waals surface area contributed by atoms with Crippen LogP contribution in [0.25, 0.3) is 0 Å². The molecule has 66 valence electrons. The van der Waals surface area contributed by atoms with Gasteiger partial charge in [0.2, 0.25) is 0 Å². The first-order valence-corrected chi connectivity index (χ1v) is 4.69. The standard InChI is InChI=1S/C7H11N3OS/c8-3-1-2-4-6(5(3)11)12-7(9)10-4/h3,5,11H,1-2,8H2,(H2,9,10). The minimum atomic E-state index is -0.566. The van der Waals surface area contributed by atoms with Gasteiger partial charge in [-0.3, -0.25) is 0 Å². The highest BCUT2D eigenvalue weighted by Gasteiger charge is 2.28. The molecule has 0 spiro atoms. The van der Waals surface area contributed by atoms with Crippen LogP contribution in [0, 0.1) is 0 Å². The summed E-state index contributed by atoms with van der Waals surface area (Å²) in [5.74, 6) is 0. The third-order valence-corrected chi connectivity index (χ3v) is 3.13. The molecule has 1 aliphatic rings. The van der Waals surface area contributed by atoms with Gasteiger partial charge in [0.25, 0.3) is 0 Å². The molecule has 0 fully saturated rings. The van der Waals surface area contributed by atoms with E-state index in [0.29, 0.717) is 5.13 Å². The second kappa shape index (κ2) is 2.69. The first-order valence-electron chi connectivity index (χ1n) is 3.87. The number of aryl methyl sites for hydroxylation is 1. The minimum Gasteiger partial charge on any atom is -0.386 e. The summed E-state index contributed by atoms with van der Waals surface area (Å²) in [4.78, 5) is 4.97. The zero-order valence-corrected chi connectivity index (χ0v) is 7.34. The van der Waals surface area contributed by atoms with Crippen molar-refractivity contribution in [3.8, 4) is 0 Å². The molecule has 2 atom stereocenters. The zero-order chi connectivity index (χ0) is 8.72. The van der Waals surface area contributed by atoms with E-state index in [1.165, 1.54) is 11.3 Å². The van der Waals surface area contributed by atoms with Gasteiger partial charge in [0.05, 0.1) is 10.6 Å². The van der Waals surface area contributed by atoms with Gasteiger partial charge in [0, 0.05) is 6.04 Å². The number of fused-ring (bicyclic) bond motifs is 1. The number of hydrogen-bond acceptors (Lipinski definition) is 5. The van der Waals surface area contributed by atoms with Gasteiger partial charge in [-0.05, 0) is 12.8 Å². The molecule has 0 amide bonds. The van der Waals surface area contributed by atoms with Crippen LogP contribution in [-0.4, -0.2) is 16.1 Å². The lowest BCUT2D eigenvalue weighted by Crippen LogP contribution is -2.32. The van der Waals surface area contributed by atoms with Gasteiger partial charge in [-0.1, -0.05) is 11.3 Å². The van der Waals surface area contributed by atoms with Gasteiger partial charge < -0.3 is 16.6 Å². The maximum Gasteiger partial charge on any atom is 0.180 e. The van der Waals surface area contributed by atoms with Crippen molar-refractivity contribution in [1.82, 2.24) is 4.98 Å². The highest BCUT2D eigenvalue weighted by atomic mass is 32.1. The van der Waals surface area contributed by atoms with Crippen LogP contribution in [0.2, 0.25) is 0 Å². The van der Waals surface area contributed by atoms with E-state index in [9.17, 15) is 5.11 Å². The van der Waals surface area contributed by atoms with Crippen molar-refractivity contribution in [2.24, 2.45) is 5.73 Å². The highest BCUT2D eigenvalue weighted by molar-refractivity contribution is 7.15. The Bertz CT molecular complexity index is 299. The highest BCUT2D eigenvalue weighted by Crippen LogP contribution is 2.34. The van der Waals surface area contributed by atoms with Crippen molar-refractivity contribution in [3.63, 3.8) is 0 Å². The summed E-state index contributed by atoms with van der Waals surface area (Å²) in [6, 6.07) is -0.155. The SMILES string of the molecule is Nc1nc2c(s1)C(O)C(N)CC2. The smallest absolute Gasteiger partial charge is 0.180 e. The Morgan fingerprint density at radius 2 is 2.33 bits per heavy atom. The Morgan fingerprint density at radius 3 is 3.08 bits per heavy atom. The number of nitrogen functional groups attached to an aromatic ring is 1. The first kappa shape index (κ1) is 7.97. The van der Waals surface area contributed by atoms with Crippen LogP contribution < -0.4 is 11.5 Å². The molecular formula is C7H11N3OS. The van der Waals surface area contributed by atoms with Crippen LogP contribution in [0.3, 0.4) is 0 Å². The number of rotatable bonds is 0. The summed E-state index contributed by atoms with van der Waals surface area (Å²) in [7, 11) is 0. The van der Waals surface area contributed by atoms with E-state index in [2.05, 4.69) is 4.98 Å².